The van der Waals surface area contributed by atoms with Gasteiger partial charge in [0.15, 0.2) is 6.10 Å². The van der Waals surface area contributed by atoms with Gasteiger partial charge in [-0.25, -0.2) is 4.79 Å². The first kappa shape index (κ1) is 17.3. The first-order valence-corrected chi connectivity index (χ1v) is 8.26. The quantitative estimate of drug-likeness (QED) is 0.360. The third kappa shape index (κ3) is 4.21. The number of aliphatic hydroxyl groups is 1. The van der Waals surface area contributed by atoms with Crippen LogP contribution in [0.2, 0.25) is 0 Å². The Kier molecular flexibility index (Phi) is 5.97. The lowest BCUT2D eigenvalue weighted by molar-refractivity contribution is -0.141. The summed E-state index contributed by atoms with van der Waals surface area (Å²) in [7, 11) is 0. The van der Waals surface area contributed by atoms with E-state index < -0.39 is 12.1 Å². The molecule has 0 radical (unpaired) electrons. The Morgan fingerprint density at radius 2 is 1.96 bits per heavy atom. The van der Waals surface area contributed by atoms with Gasteiger partial charge in [-0.1, -0.05) is 57.0 Å². The number of allylic oxidation sites excluding steroid dienone is 1. The normalized spacial score (nSPS) is 21.2. The van der Waals surface area contributed by atoms with Gasteiger partial charge in [-0.3, -0.25) is 4.79 Å². The maximum atomic E-state index is 12.4. The number of hydrogen-bond acceptors (Lipinski definition) is 4. The number of carbonyl (C=O) groups is 2. The van der Waals surface area contributed by atoms with E-state index in [9.17, 15) is 14.7 Å². The number of hydrogen-bond donors (Lipinski definition) is 1. The van der Waals surface area contributed by atoms with Gasteiger partial charge in [-0.2, -0.15) is 0 Å². The van der Waals surface area contributed by atoms with Crippen LogP contribution in [0.15, 0.2) is 41.7 Å². The number of cyclic esters (lactones) is 1. The van der Waals surface area contributed by atoms with Crippen molar-refractivity contribution in [1.82, 2.24) is 0 Å². The highest BCUT2D eigenvalue weighted by molar-refractivity contribution is 6.23. The number of carbonyl (C=O) groups excluding carboxylic acids is 2. The molecule has 0 aliphatic carbocycles. The minimum Gasteiger partial charge on any atom is -0.511 e. The monoisotopic (exact) mass is 316 g/mol. The second-order valence-electron chi connectivity index (χ2n) is 6.09. The molecule has 1 aliphatic rings. The average molecular weight is 316 g/mol. The Morgan fingerprint density at radius 3 is 2.61 bits per heavy atom. The highest BCUT2D eigenvalue weighted by Gasteiger charge is 2.41. The van der Waals surface area contributed by atoms with E-state index >= 15 is 0 Å². The molecule has 1 fully saturated rings. The lowest BCUT2D eigenvalue weighted by atomic mass is 9.95. The summed E-state index contributed by atoms with van der Waals surface area (Å²) in [5, 5.41) is 10.2. The molecule has 1 aromatic rings. The summed E-state index contributed by atoms with van der Waals surface area (Å²) in [6.45, 7) is 3.89. The number of ether oxygens (including phenoxy) is 1. The minimum atomic E-state index is -0.779. The van der Waals surface area contributed by atoms with Crippen LogP contribution in [0.4, 0.5) is 0 Å². The predicted octanol–water partition coefficient (Wildman–Crippen LogP) is 3.75. The van der Waals surface area contributed by atoms with Crippen molar-refractivity contribution in [3.05, 3.63) is 47.2 Å². The molecule has 0 aromatic heterocycles. The molecule has 2 atom stereocenters. The molecule has 0 spiro atoms. The van der Waals surface area contributed by atoms with Gasteiger partial charge in [-0.05, 0) is 24.8 Å². The zero-order chi connectivity index (χ0) is 16.8. The molecule has 1 heterocycles. The number of Topliss-reactive ketones (excluding diaryl/α,β-unsaturated/α-hetero) is 1. The Morgan fingerprint density at radius 1 is 1.26 bits per heavy atom. The van der Waals surface area contributed by atoms with E-state index in [1.807, 2.05) is 37.3 Å². The highest BCUT2D eigenvalue weighted by atomic mass is 16.6. The van der Waals surface area contributed by atoms with E-state index in [0.29, 0.717) is 12.8 Å². The van der Waals surface area contributed by atoms with E-state index in [2.05, 4.69) is 6.92 Å². The molecule has 2 rings (SSSR count). The van der Waals surface area contributed by atoms with Crippen LogP contribution in [0.1, 0.15) is 45.1 Å². The SMILES string of the molecule is CCCC[C@H](C)C(O)=C1C(=O)OC(CCc2ccccc2)C1=O. The van der Waals surface area contributed by atoms with Crippen molar-refractivity contribution in [2.45, 2.75) is 52.1 Å². The molecule has 0 bridgehead atoms. The van der Waals surface area contributed by atoms with Crippen molar-refractivity contribution in [2.24, 2.45) is 5.92 Å². The fraction of sp³-hybridized carbons (Fsp3) is 0.474. The van der Waals surface area contributed by atoms with Crippen LogP contribution in [-0.4, -0.2) is 23.0 Å². The van der Waals surface area contributed by atoms with Gasteiger partial charge in [0.1, 0.15) is 11.3 Å². The van der Waals surface area contributed by atoms with Crippen LogP contribution in [0, 0.1) is 5.92 Å². The number of aliphatic hydroxyl groups excluding tert-OH is 1. The second-order valence-corrected chi connectivity index (χ2v) is 6.09. The van der Waals surface area contributed by atoms with Gasteiger partial charge in [0.2, 0.25) is 5.78 Å². The zero-order valence-electron chi connectivity index (χ0n) is 13.7. The zero-order valence-corrected chi connectivity index (χ0v) is 13.7. The topological polar surface area (TPSA) is 63.6 Å². The van der Waals surface area contributed by atoms with Crippen LogP contribution in [0.25, 0.3) is 0 Å². The Hall–Kier alpha value is -2.10. The molecule has 1 aromatic carbocycles. The van der Waals surface area contributed by atoms with Gasteiger partial charge < -0.3 is 9.84 Å². The lowest BCUT2D eigenvalue weighted by Gasteiger charge is -2.10. The number of ketones is 1. The van der Waals surface area contributed by atoms with Crippen LogP contribution < -0.4 is 0 Å². The fourth-order valence-electron chi connectivity index (χ4n) is 2.76. The summed E-state index contributed by atoms with van der Waals surface area (Å²) < 4.78 is 5.18. The minimum absolute atomic E-state index is 0.115. The van der Waals surface area contributed by atoms with Crippen LogP contribution in [0.5, 0.6) is 0 Å². The molecule has 23 heavy (non-hydrogen) atoms. The Labute approximate surface area is 137 Å². The third-order valence-corrected chi connectivity index (χ3v) is 4.24. The Bertz CT molecular complexity index is 589. The first-order valence-electron chi connectivity index (χ1n) is 8.26. The predicted molar refractivity (Wildman–Crippen MR) is 88.0 cm³/mol. The summed E-state index contributed by atoms with van der Waals surface area (Å²) >= 11 is 0. The van der Waals surface area contributed by atoms with E-state index in [-0.39, 0.29) is 23.0 Å². The van der Waals surface area contributed by atoms with Crippen LogP contribution >= 0.6 is 0 Å². The van der Waals surface area contributed by atoms with Gasteiger partial charge in [0.05, 0.1) is 0 Å². The molecule has 1 aliphatic heterocycles. The molecule has 4 heteroatoms. The summed E-state index contributed by atoms with van der Waals surface area (Å²) in [6, 6.07) is 9.75. The molecule has 4 nitrogen and oxygen atoms in total. The molecular weight excluding hydrogens is 292 g/mol. The van der Waals surface area contributed by atoms with Crippen molar-refractivity contribution in [3.8, 4) is 0 Å². The van der Waals surface area contributed by atoms with Gasteiger partial charge in [0.25, 0.3) is 0 Å². The number of unbranched alkanes of at least 4 members (excludes halogenated alkanes) is 1. The summed E-state index contributed by atoms with van der Waals surface area (Å²) in [5.41, 5.74) is 0.945. The van der Waals surface area contributed by atoms with Crippen molar-refractivity contribution in [3.63, 3.8) is 0 Å². The van der Waals surface area contributed by atoms with E-state index in [1.165, 1.54) is 0 Å². The van der Waals surface area contributed by atoms with Crippen molar-refractivity contribution < 1.29 is 19.4 Å². The number of aryl methyl sites for hydroxylation is 1. The molecule has 124 valence electrons. The van der Waals surface area contributed by atoms with Crippen molar-refractivity contribution in [2.75, 3.05) is 0 Å². The van der Waals surface area contributed by atoms with Gasteiger partial charge >= 0.3 is 5.97 Å². The van der Waals surface area contributed by atoms with E-state index in [4.69, 9.17) is 4.74 Å². The molecule has 0 saturated carbocycles. The van der Waals surface area contributed by atoms with E-state index in [0.717, 1.165) is 24.8 Å². The van der Waals surface area contributed by atoms with Crippen molar-refractivity contribution in [1.29, 1.82) is 0 Å². The third-order valence-electron chi connectivity index (χ3n) is 4.24. The number of benzene rings is 1. The summed E-state index contributed by atoms with van der Waals surface area (Å²) in [4.78, 5) is 24.4. The van der Waals surface area contributed by atoms with Gasteiger partial charge in [0, 0.05) is 5.92 Å². The standard InChI is InChI=1S/C19H24O4/c1-3-4-8-13(2)17(20)16-18(21)15(23-19(16)22)12-11-14-9-6-5-7-10-14/h5-7,9-10,13,15,20H,3-4,8,11-12H2,1-2H3/t13-,15?/m0/s1. The number of rotatable bonds is 7. The van der Waals surface area contributed by atoms with Crippen LogP contribution in [0.3, 0.4) is 0 Å². The van der Waals surface area contributed by atoms with Gasteiger partial charge in [-0.15, -0.1) is 0 Å². The highest BCUT2D eigenvalue weighted by Crippen LogP contribution is 2.27. The molecule has 1 N–H and O–H groups in total. The van der Waals surface area contributed by atoms with Crippen LogP contribution in [-0.2, 0) is 20.7 Å². The van der Waals surface area contributed by atoms with E-state index in [1.54, 1.807) is 0 Å². The maximum absolute atomic E-state index is 12.4. The first-order chi connectivity index (χ1) is 11.0. The molecule has 1 unspecified atom stereocenters. The van der Waals surface area contributed by atoms with Crippen molar-refractivity contribution >= 4 is 11.8 Å². The summed E-state index contributed by atoms with van der Waals surface area (Å²) in [6.07, 6.45) is 3.02. The smallest absolute Gasteiger partial charge is 0.346 e. The molecular formula is C19H24O4. The number of esters is 1. The largest absolute Gasteiger partial charge is 0.511 e. The average Bonchev–Trinajstić information content (AvgIpc) is 2.85. The second kappa shape index (κ2) is 7.95. The maximum Gasteiger partial charge on any atom is 0.346 e. The summed E-state index contributed by atoms with van der Waals surface area (Å²) in [5.74, 6) is -1.38. The Balaban J connectivity index is 2.04. The molecule has 0 amide bonds. The molecule has 1 saturated heterocycles. The fourth-order valence-corrected chi connectivity index (χ4v) is 2.76. The lowest BCUT2D eigenvalue weighted by Crippen LogP contribution is -2.18.